The van der Waals surface area contributed by atoms with E-state index in [-0.39, 0.29) is 22.2 Å². The summed E-state index contributed by atoms with van der Waals surface area (Å²) >= 11 is 5.73. The maximum atomic E-state index is 11.8. The lowest BCUT2D eigenvalue weighted by Crippen LogP contribution is -2.24. The van der Waals surface area contributed by atoms with Crippen molar-refractivity contribution in [2.75, 3.05) is 6.54 Å². The van der Waals surface area contributed by atoms with Crippen LogP contribution in [0.3, 0.4) is 0 Å². The molecule has 1 aromatic rings. The van der Waals surface area contributed by atoms with Crippen molar-refractivity contribution in [2.24, 2.45) is 0 Å². The Morgan fingerprint density at radius 3 is 2.67 bits per heavy atom. The maximum Gasteiger partial charge on any atom is 0.271 e. The van der Waals surface area contributed by atoms with Crippen LogP contribution in [0.15, 0.2) is 35.7 Å². The molecular weight excluding hydrogens is 280 g/mol. The predicted octanol–water partition coefficient (Wildman–Crippen LogP) is 2.10. The Hall–Kier alpha value is -1.44. The van der Waals surface area contributed by atoms with E-state index in [1.54, 1.807) is 6.08 Å². The number of nitro groups is 1. The number of nitro benzene ring substituents is 1. The van der Waals surface area contributed by atoms with Crippen molar-refractivity contribution in [3.8, 4) is 0 Å². The van der Waals surface area contributed by atoms with Crippen LogP contribution in [-0.4, -0.2) is 19.9 Å². The number of halogens is 1. The fraction of sp³-hybridized carbons (Fsp3) is 0.200. The van der Waals surface area contributed by atoms with Crippen LogP contribution >= 0.6 is 11.6 Å². The van der Waals surface area contributed by atoms with E-state index in [9.17, 15) is 18.5 Å². The van der Waals surface area contributed by atoms with E-state index in [1.165, 1.54) is 0 Å². The average Bonchev–Trinajstić information content (AvgIpc) is 2.28. The molecule has 0 aliphatic heterocycles. The molecule has 0 aromatic heterocycles. The van der Waals surface area contributed by atoms with Gasteiger partial charge in [0.25, 0.3) is 5.69 Å². The number of nitrogens with one attached hydrogen (secondary N) is 1. The summed E-state index contributed by atoms with van der Waals surface area (Å²) in [6.07, 6.45) is 2.05. The third-order valence-electron chi connectivity index (χ3n) is 2.06. The molecule has 0 atom stereocenters. The van der Waals surface area contributed by atoms with Gasteiger partial charge in [0, 0.05) is 18.7 Å². The standard InChI is InChI=1S/C10H11ClN2O4S/c1-2-3-6-12-18(16,17)10-5-4-8(13(14)15)7-9(10)11/h2,4-5,7,12H,1,3,6H2. The van der Waals surface area contributed by atoms with Crippen LogP contribution in [-0.2, 0) is 10.0 Å². The largest absolute Gasteiger partial charge is 0.271 e. The van der Waals surface area contributed by atoms with Crippen molar-refractivity contribution >= 4 is 27.3 Å². The van der Waals surface area contributed by atoms with E-state index in [1.807, 2.05) is 0 Å². The first-order valence-electron chi connectivity index (χ1n) is 4.93. The van der Waals surface area contributed by atoms with Crippen molar-refractivity contribution in [3.05, 3.63) is 46.0 Å². The number of hydrogen-bond acceptors (Lipinski definition) is 4. The average molecular weight is 291 g/mol. The van der Waals surface area contributed by atoms with Crippen LogP contribution in [0.25, 0.3) is 0 Å². The number of hydrogen-bond donors (Lipinski definition) is 1. The lowest BCUT2D eigenvalue weighted by Gasteiger charge is -2.07. The lowest BCUT2D eigenvalue weighted by atomic mass is 10.3. The summed E-state index contributed by atoms with van der Waals surface area (Å²) in [5.41, 5.74) is -0.259. The molecule has 0 fully saturated rings. The highest BCUT2D eigenvalue weighted by Crippen LogP contribution is 2.25. The molecule has 0 radical (unpaired) electrons. The monoisotopic (exact) mass is 290 g/mol. The molecule has 1 aromatic carbocycles. The van der Waals surface area contributed by atoms with E-state index >= 15 is 0 Å². The molecule has 8 heteroatoms. The van der Waals surface area contributed by atoms with Gasteiger partial charge in [0.05, 0.1) is 9.95 Å². The van der Waals surface area contributed by atoms with Gasteiger partial charge in [-0.1, -0.05) is 17.7 Å². The van der Waals surface area contributed by atoms with Gasteiger partial charge in [-0.05, 0) is 12.5 Å². The molecule has 18 heavy (non-hydrogen) atoms. The maximum absolute atomic E-state index is 11.8. The SMILES string of the molecule is C=CCCNS(=O)(=O)c1ccc([N+](=O)[O-])cc1Cl. The minimum Gasteiger partial charge on any atom is -0.258 e. The van der Waals surface area contributed by atoms with Gasteiger partial charge in [0.15, 0.2) is 0 Å². The third kappa shape index (κ3) is 3.52. The van der Waals surface area contributed by atoms with Gasteiger partial charge in [-0.2, -0.15) is 0 Å². The molecule has 98 valence electrons. The molecule has 0 aliphatic carbocycles. The minimum atomic E-state index is -3.76. The molecule has 0 spiro atoms. The van der Waals surface area contributed by atoms with Gasteiger partial charge in [0.2, 0.25) is 10.0 Å². The molecule has 0 amide bonds. The minimum absolute atomic E-state index is 0.182. The highest BCUT2D eigenvalue weighted by atomic mass is 35.5. The van der Waals surface area contributed by atoms with Gasteiger partial charge >= 0.3 is 0 Å². The Labute approximate surface area is 109 Å². The fourth-order valence-corrected chi connectivity index (χ4v) is 2.78. The van der Waals surface area contributed by atoms with Crippen LogP contribution < -0.4 is 4.72 Å². The molecule has 1 rings (SSSR count). The first-order chi connectivity index (χ1) is 8.38. The lowest BCUT2D eigenvalue weighted by molar-refractivity contribution is -0.384. The number of sulfonamides is 1. The van der Waals surface area contributed by atoms with Crippen molar-refractivity contribution in [3.63, 3.8) is 0 Å². The molecule has 0 saturated heterocycles. The van der Waals surface area contributed by atoms with E-state index in [2.05, 4.69) is 11.3 Å². The van der Waals surface area contributed by atoms with Crippen LogP contribution in [0.1, 0.15) is 6.42 Å². The molecule has 0 aliphatic rings. The number of non-ortho nitro benzene ring substituents is 1. The Balaban J connectivity index is 3.02. The number of benzene rings is 1. The molecule has 6 nitrogen and oxygen atoms in total. The summed E-state index contributed by atoms with van der Waals surface area (Å²) in [5.74, 6) is 0. The van der Waals surface area contributed by atoms with Gasteiger partial charge in [0.1, 0.15) is 4.90 Å². The number of rotatable bonds is 6. The summed E-state index contributed by atoms with van der Waals surface area (Å²) in [5, 5.41) is 10.3. The van der Waals surface area contributed by atoms with E-state index in [0.717, 1.165) is 18.2 Å². The molecule has 0 bridgehead atoms. The topological polar surface area (TPSA) is 89.3 Å². The summed E-state index contributed by atoms with van der Waals surface area (Å²) < 4.78 is 25.9. The second-order valence-corrected chi connectivity index (χ2v) is 5.49. The molecule has 0 unspecified atom stereocenters. The third-order valence-corrected chi connectivity index (χ3v) is 4.00. The Morgan fingerprint density at radius 1 is 1.50 bits per heavy atom. The molecular formula is C10H11ClN2O4S. The highest BCUT2D eigenvalue weighted by Gasteiger charge is 2.19. The van der Waals surface area contributed by atoms with Crippen molar-refractivity contribution in [2.45, 2.75) is 11.3 Å². The Bertz CT molecular complexity index is 571. The van der Waals surface area contributed by atoms with E-state index < -0.39 is 14.9 Å². The smallest absolute Gasteiger partial charge is 0.258 e. The Morgan fingerprint density at radius 2 is 2.17 bits per heavy atom. The molecule has 1 N–H and O–H groups in total. The normalized spacial score (nSPS) is 11.2. The van der Waals surface area contributed by atoms with Crippen LogP contribution in [0.4, 0.5) is 5.69 Å². The Kier molecular flexibility index (Phi) is 4.83. The van der Waals surface area contributed by atoms with Crippen molar-refractivity contribution in [1.29, 1.82) is 0 Å². The van der Waals surface area contributed by atoms with Gasteiger partial charge in [-0.3, -0.25) is 10.1 Å². The predicted molar refractivity (Wildman–Crippen MR) is 68.1 cm³/mol. The zero-order valence-corrected chi connectivity index (χ0v) is 10.9. The van der Waals surface area contributed by atoms with Crippen LogP contribution in [0.2, 0.25) is 5.02 Å². The second kappa shape index (κ2) is 5.94. The highest BCUT2D eigenvalue weighted by molar-refractivity contribution is 7.89. The zero-order valence-electron chi connectivity index (χ0n) is 9.30. The number of nitrogens with zero attached hydrogens (tertiary/aromatic N) is 1. The first kappa shape index (κ1) is 14.6. The summed E-state index contributed by atoms with van der Waals surface area (Å²) in [6, 6.07) is 3.20. The van der Waals surface area contributed by atoms with Gasteiger partial charge < -0.3 is 0 Å². The quantitative estimate of drug-likeness (QED) is 0.376. The van der Waals surface area contributed by atoms with Crippen LogP contribution in [0, 0.1) is 10.1 Å². The van der Waals surface area contributed by atoms with Crippen molar-refractivity contribution in [1.82, 2.24) is 4.72 Å². The van der Waals surface area contributed by atoms with Gasteiger partial charge in [-0.15, -0.1) is 6.58 Å². The summed E-state index contributed by atoms with van der Waals surface area (Å²) in [4.78, 5) is 9.67. The van der Waals surface area contributed by atoms with Crippen LogP contribution in [0.5, 0.6) is 0 Å². The van der Waals surface area contributed by atoms with Crippen molar-refractivity contribution < 1.29 is 13.3 Å². The van der Waals surface area contributed by atoms with E-state index in [0.29, 0.717) is 6.42 Å². The molecule has 0 saturated carbocycles. The van der Waals surface area contributed by atoms with Gasteiger partial charge in [-0.25, -0.2) is 13.1 Å². The summed E-state index contributed by atoms with van der Waals surface area (Å²) in [6.45, 7) is 3.66. The second-order valence-electron chi connectivity index (χ2n) is 3.35. The van der Waals surface area contributed by atoms with E-state index in [4.69, 9.17) is 11.6 Å². The molecule has 0 heterocycles. The zero-order chi connectivity index (χ0) is 13.8. The fourth-order valence-electron chi connectivity index (χ4n) is 1.19. The summed E-state index contributed by atoms with van der Waals surface area (Å²) in [7, 11) is -3.76. The first-order valence-corrected chi connectivity index (χ1v) is 6.79.